The number of nitrogen functional groups attached to an aromatic ring is 1. The van der Waals surface area contributed by atoms with E-state index in [9.17, 15) is 16.8 Å². The van der Waals surface area contributed by atoms with Gasteiger partial charge in [-0.15, -0.1) is 3.71 Å². The van der Waals surface area contributed by atoms with Crippen LogP contribution in [0.1, 0.15) is 26.5 Å². The maximum absolute atomic E-state index is 12.5. The molecule has 0 fully saturated rings. The number of benzene rings is 1. The summed E-state index contributed by atoms with van der Waals surface area (Å²) in [5, 5.41) is 5.01. The van der Waals surface area contributed by atoms with E-state index in [0.717, 1.165) is 0 Å². The molecular weight excluding hydrogens is 473 g/mol. The summed E-state index contributed by atoms with van der Waals surface area (Å²) < 4.78 is 51.3. The van der Waals surface area contributed by atoms with Crippen LogP contribution < -0.4 is 11.5 Å². The molecule has 0 aliphatic carbocycles. The van der Waals surface area contributed by atoms with Gasteiger partial charge in [-0.2, -0.15) is 5.10 Å². The fraction of sp³-hybridized carbons (Fsp3) is 0.353. The summed E-state index contributed by atoms with van der Waals surface area (Å²) in [5.74, 6) is -1.28. The van der Waals surface area contributed by atoms with Crippen molar-refractivity contribution >= 4 is 54.8 Å². The van der Waals surface area contributed by atoms with Gasteiger partial charge in [0.15, 0.2) is 5.82 Å². The summed E-state index contributed by atoms with van der Waals surface area (Å²) in [6.07, 6.45) is 0. The zero-order valence-corrected chi connectivity index (χ0v) is 20.0. The molecule has 1 heterocycles. The third-order valence-electron chi connectivity index (χ3n) is 4.42. The molecule has 0 amide bonds. The molecule has 0 radical (unpaired) electrons. The molecule has 0 saturated carbocycles. The zero-order chi connectivity index (χ0) is 23.0. The molecule has 0 bridgehead atoms. The van der Waals surface area contributed by atoms with Crippen LogP contribution in [0.4, 0.5) is 5.82 Å². The molecule has 1 aromatic carbocycles. The predicted molar refractivity (Wildman–Crippen MR) is 121 cm³/mol. The third kappa shape index (κ3) is 4.39. The second kappa shape index (κ2) is 8.66. The Hall–Kier alpha value is -1.95. The first-order valence-electron chi connectivity index (χ1n) is 8.81. The van der Waals surface area contributed by atoms with Crippen molar-refractivity contribution in [1.82, 2.24) is 13.5 Å². The van der Waals surface area contributed by atoms with Crippen LogP contribution in [-0.2, 0) is 20.0 Å². The summed E-state index contributed by atoms with van der Waals surface area (Å²) in [6, 6.07) is 4.93. The molecular formula is C17H23Cl2N5O4S2. The molecule has 4 N–H and O–H groups in total. The average Bonchev–Trinajstić information content (AvgIpc) is 2.97. The van der Waals surface area contributed by atoms with Crippen LogP contribution in [0.3, 0.4) is 0 Å². The Bertz CT molecular complexity index is 1190. The fourth-order valence-corrected chi connectivity index (χ4v) is 6.40. The van der Waals surface area contributed by atoms with Gasteiger partial charge >= 0.3 is 0 Å². The van der Waals surface area contributed by atoms with E-state index in [4.69, 9.17) is 34.7 Å². The van der Waals surface area contributed by atoms with Gasteiger partial charge in [0.1, 0.15) is 5.82 Å². The number of hydrogen-bond donors (Lipinski definition) is 2. The van der Waals surface area contributed by atoms with Crippen molar-refractivity contribution in [3.05, 3.63) is 39.8 Å². The Morgan fingerprint density at radius 1 is 1.10 bits per heavy atom. The van der Waals surface area contributed by atoms with E-state index in [0.29, 0.717) is 26.9 Å². The van der Waals surface area contributed by atoms with Gasteiger partial charge in [-0.1, -0.05) is 29.3 Å². The molecule has 13 heteroatoms. The van der Waals surface area contributed by atoms with Crippen LogP contribution >= 0.6 is 23.2 Å². The van der Waals surface area contributed by atoms with Crippen LogP contribution in [-0.4, -0.2) is 41.8 Å². The fourth-order valence-electron chi connectivity index (χ4n) is 2.76. The van der Waals surface area contributed by atoms with Crippen molar-refractivity contribution in [2.24, 2.45) is 5.73 Å². The van der Waals surface area contributed by atoms with E-state index in [-0.39, 0.29) is 15.2 Å². The molecule has 0 aliphatic heterocycles. The summed E-state index contributed by atoms with van der Waals surface area (Å²) in [6.45, 7) is 5.77. The molecule has 166 valence electrons. The number of sulfonamides is 2. The summed E-state index contributed by atoms with van der Waals surface area (Å²) in [5.41, 5.74) is 14.0. The van der Waals surface area contributed by atoms with Gasteiger partial charge in [-0.25, -0.2) is 21.5 Å². The highest BCUT2D eigenvalue weighted by Gasteiger charge is 2.34. The lowest BCUT2D eigenvalue weighted by atomic mass is 10.1. The minimum absolute atomic E-state index is 0.0379. The maximum Gasteiger partial charge on any atom is 0.249 e. The second-order valence-corrected chi connectivity index (χ2v) is 11.6. The van der Waals surface area contributed by atoms with Crippen molar-refractivity contribution in [2.45, 2.75) is 27.7 Å². The first kappa shape index (κ1) is 24.3. The molecule has 2 rings (SSSR count). The standard InChI is InChI=1S/C17H23Cl2N5O4S2/c1-5-29(25,26)24(30(27,28)6-2)16(20)11(4)23-17(21)15(10(3)22-23)12-7-8-13(18)14(19)9-12/h7-9H,5-6,20-21H2,1-4H3/b16-11+. The molecule has 0 saturated heterocycles. The lowest BCUT2D eigenvalue weighted by molar-refractivity contribution is 0.527. The number of halogens is 2. The van der Waals surface area contributed by atoms with Gasteiger partial charge in [0, 0.05) is 5.56 Å². The quantitative estimate of drug-likeness (QED) is 0.600. The van der Waals surface area contributed by atoms with Crippen LogP contribution in [0.15, 0.2) is 24.0 Å². The van der Waals surface area contributed by atoms with Gasteiger partial charge in [0.25, 0.3) is 0 Å². The number of rotatable bonds is 7. The monoisotopic (exact) mass is 495 g/mol. The van der Waals surface area contributed by atoms with Gasteiger partial charge in [-0.05, 0) is 45.4 Å². The Morgan fingerprint density at radius 3 is 2.10 bits per heavy atom. The molecule has 1 aromatic heterocycles. The topological polar surface area (TPSA) is 141 Å². The third-order valence-corrected chi connectivity index (χ3v) is 9.39. The van der Waals surface area contributed by atoms with Gasteiger partial charge in [-0.3, -0.25) is 0 Å². The molecule has 9 nitrogen and oxygen atoms in total. The Kier molecular flexibility index (Phi) is 7.02. The number of allylic oxidation sites excluding steroid dienone is 1. The molecule has 0 spiro atoms. The smallest absolute Gasteiger partial charge is 0.249 e. The number of nitrogens with two attached hydrogens (primary N) is 2. The first-order chi connectivity index (χ1) is 13.8. The SMILES string of the molecule is CCS(=O)(=O)N(/C(N)=C(\C)n1nc(C)c(-c2ccc(Cl)c(Cl)c2)c1N)S(=O)(=O)CC. The number of anilines is 1. The van der Waals surface area contributed by atoms with E-state index in [2.05, 4.69) is 5.10 Å². The van der Waals surface area contributed by atoms with Crippen molar-refractivity contribution < 1.29 is 16.8 Å². The molecule has 0 atom stereocenters. The molecule has 0 unspecified atom stereocenters. The lowest BCUT2D eigenvalue weighted by Gasteiger charge is -2.24. The van der Waals surface area contributed by atoms with E-state index in [1.807, 2.05) is 0 Å². The number of aromatic nitrogens is 2. The second-order valence-electron chi connectivity index (χ2n) is 6.36. The Labute approximate surface area is 186 Å². The largest absolute Gasteiger partial charge is 0.383 e. The highest BCUT2D eigenvalue weighted by atomic mass is 35.5. The number of hydrogen-bond acceptors (Lipinski definition) is 7. The maximum atomic E-state index is 12.5. The minimum atomic E-state index is -4.21. The highest BCUT2D eigenvalue weighted by molar-refractivity contribution is 8.04. The summed E-state index contributed by atoms with van der Waals surface area (Å²) in [7, 11) is -8.43. The average molecular weight is 496 g/mol. The Balaban J connectivity index is 2.74. The first-order valence-corrected chi connectivity index (χ1v) is 12.8. The Morgan fingerprint density at radius 2 is 1.63 bits per heavy atom. The van der Waals surface area contributed by atoms with Crippen LogP contribution in [0.5, 0.6) is 0 Å². The number of aryl methyl sites for hydroxylation is 1. The van der Waals surface area contributed by atoms with Crippen LogP contribution in [0, 0.1) is 6.92 Å². The van der Waals surface area contributed by atoms with Crippen molar-refractivity contribution in [3.8, 4) is 11.1 Å². The van der Waals surface area contributed by atoms with Crippen molar-refractivity contribution in [2.75, 3.05) is 17.2 Å². The number of nitrogens with zero attached hydrogens (tertiary/aromatic N) is 3. The predicted octanol–water partition coefficient (Wildman–Crippen LogP) is 2.85. The molecule has 30 heavy (non-hydrogen) atoms. The van der Waals surface area contributed by atoms with E-state index in [1.54, 1.807) is 25.1 Å². The van der Waals surface area contributed by atoms with Crippen LogP contribution in [0.25, 0.3) is 16.8 Å². The van der Waals surface area contributed by atoms with E-state index >= 15 is 0 Å². The molecule has 0 aliphatic rings. The minimum Gasteiger partial charge on any atom is -0.383 e. The van der Waals surface area contributed by atoms with Gasteiger partial charge in [0.05, 0.1) is 32.9 Å². The highest BCUT2D eigenvalue weighted by Crippen LogP contribution is 2.35. The van der Waals surface area contributed by atoms with Gasteiger partial charge < -0.3 is 11.5 Å². The van der Waals surface area contributed by atoms with E-state index in [1.165, 1.54) is 25.5 Å². The lowest BCUT2D eigenvalue weighted by Crippen LogP contribution is -2.41. The zero-order valence-electron chi connectivity index (χ0n) is 16.8. The molecule has 2 aromatic rings. The van der Waals surface area contributed by atoms with Crippen molar-refractivity contribution in [3.63, 3.8) is 0 Å². The summed E-state index contributed by atoms with van der Waals surface area (Å²) >= 11 is 12.1. The summed E-state index contributed by atoms with van der Waals surface area (Å²) in [4.78, 5) is 0. The normalized spacial score (nSPS) is 13.3. The van der Waals surface area contributed by atoms with Crippen LogP contribution in [0.2, 0.25) is 10.0 Å². The van der Waals surface area contributed by atoms with Gasteiger partial charge in [0.2, 0.25) is 20.0 Å². The van der Waals surface area contributed by atoms with E-state index < -0.39 is 37.4 Å². The van der Waals surface area contributed by atoms with Crippen molar-refractivity contribution in [1.29, 1.82) is 0 Å².